The number of anilines is 1. The Kier molecular flexibility index (Phi) is 2.20. The Hall–Kier alpha value is -1.07. The zero-order valence-electron chi connectivity index (χ0n) is 6.62. The maximum absolute atomic E-state index is 5.78. The smallest absolute Gasteiger partial charge is 0.239 e. The van der Waals surface area contributed by atoms with Crippen LogP contribution in [-0.4, -0.2) is 15.2 Å². The van der Waals surface area contributed by atoms with Gasteiger partial charge in [0.1, 0.15) is 5.82 Å². The summed E-state index contributed by atoms with van der Waals surface area (Å²) < 4.78 is 0.780. The highest BCUT2D eigenvalue weighted by molar-refractivity contribution is 7.16. The van der Waals surface area contributed by atoms with Crippen LogP contribution in [0.1, 0.15) is 10.7 Å². The lowest BCUT2D eigenvalue weighted by Crippen LogP contribution is -1.88. The second-order valence-electron chi connectivity index (χ2n) is 2.52. The van der Waals surface area contributed by atoms with E-state index in [4.69, 9.17) is 17.3 Å². The van der Waals surface area contributed by atoms with E-state index in [0.29, 0.717) is 6.42 Å². The van der Waals surface area contributed by atoms with Gasteiger partial charge in [0.25, 0.3) is 0 Å². The largest absolute Gasteiger partial charge is 0.367 e. The predicted molar refractivity (Wildman–Crippen MR) is 52.9 cm³/mol. The molecule has 0 atom stereocenters. The molecule has 2 heterocycles. The fraction of sp³-hybridized carbons (Fsp3) is 0.143. The molecular formula is C7H7ClN4S. The summed E-state index contributed by atoms with van der Waals surface area (Å²) in [4.78, 5) is 5.13. The molecule has 4 nitrogen and oxygen atoms in total. The molecule has 13 heavy (non-hydrogen) atoms. The third kappa shape index (κ3) is 1.99. The highest BCUT2D eigenvalue weighted by Gasteiger charge is 2.03. The molecule has 0 spiro atoms. The van der Waals surface area contributed by atoms with Crippen molar-refractivity contribution in [2.45, 2.75) is 6.42 Å². The number of hydrogen-bond donors (Lipinski definition) is 2. The summed E-state index contributed by atoms with van der Waals surface area (Å²) in [6.07, 6.45) is 0.696. The summed E-state index contributed by atoms with van der Waals surface area (Å²) in [5.41, 5.74) is 5.36. The van der Waals surface area contributed by atoms with Crippen molar-refractivity contribution >= 4 is 28.9 Å². The van der Waals surface area contributed by atoms with Gasteiger partial charge in [0.05, 0.1) is 4.34 Å². The van der Waals surface area contributed by atoms with Gasteiger partial charge in [-0.1, -0.05) is 11.6 Å². The summed E-state index contributed by atoms with van der Waals surface area (Å²) in [6, 6.07) is 3.83. The molecule has 0 bridgehead atoms. The van der Waals surface area contributed by atoms with E-state index in [1.54, 1.807) is 0 Å². The molecule has 0 saturated heterocycles. The molecule has 0 fully saturated rings. The van der Waals surface area contributed by atoms with Gasteiger partial charge in [-0.2, -0.15) is 4.98 Å². The van der Waals surface area contributed by atoms with Crippen LogP contribution in [0.25, 0.3) is 0 Å². The van der Waals surface area contributed by atoms with Gasteiger partial charge in [-0.25, -0.2) is 0 Å². The van der Waals surface area contributed by atoms with Crippen LogP contribution in [0, 0.1) is 0 Å². The van der Waals surface area contributed by atoms with E-state index in [0.717, 1.165) is 15.0 Å². The molecule has 68 valence electrons. The van der Waals surface area contributed by atoms with Crippen LogP contribution >= 0.6 is 22.9 Å². The molecule has 0 unspecified atom stereocenters. The molecule has 0 amide bonds. The number of hydrogen-bond acceptors (Lipinski definition) is 4. The molecule has 0 aromatic carbocycles. The first-order chi connectivity index (χ1) is 6.24. The molecule has 3 N–H and O–H groups in total. The van der Waals surface area contributed by atoms with Crippen LogP contribution in [0.15, 0.2) is 12.1 Å². The molecule has 2 aromatic rings. The van der Waals surface area contributed by atoms with E-state index >= 15 is 0 Å². The molecule has 0 aliphatic heterocycles. The third-order valence-electron chi connectivity index (χ3n) is 1.52. The number of H-pyrrole nitrogens is 1. The number of aromatic nitrogens is 3. The van der Waals surface area contributed by atoms with E-state index in [2.05, 4.69) is 15.2 Å². The zero-order valence-corrected chi connectivity index (χ0v) is 8.19. The number of nitrogens with zero attached hydrogens (tertiary/aromatic N) is 2. The van der Waals surface area contributed by atoms with Crippen LogP contribution in [0.2, 0.25) is 4.34 Å². The van der Waals surface area contributed by atoms with Crippen LogP contribution in [0.3, 0.4) is 0 Å². The minimum Gasteiger partial charge on any atom is -0.367 e. The van der Waals surface area contributed by atoms with Crippen molar-refractivity contribution in [2.75, 3.05) is 5.73 Å². The number of nitrogen functional groups attached to an aromatic ring is 1. The first kappa shape index (κ1) is 8.52. The van der Waals surface area contributed by atoms with E-state index < -0.39 is 0 Å². The van der Waals surface area contributed by atoms with Crippen molar-refractivity contribution < 1.29 is 0 Å². The van der Waals surface area contributed by atoms with Crippen molar-refractivity contribution in [3.8, 4) is 0 Å². The summed E-state index contributed by atoms with van der Waals surface area (Å²) in [5, 5.41) is 6.47. The summed E-state index contributed by atoms with van der Waals surface area (Å²) in [5.74, 6) is 1.04. The predicted octanol–water partition coefficient (Wildman–Crippen LogP) is 1.69. The average Bonchev–Trinajstić information content (AvgIpc) is 2.62. The van der Waals surface area contributed by atoms with Crippen molar-refractivity contribution in [3.63, 3.8) is 0 Å². The normalized spacial score (nSPS) is 10.5. The minimum absolute atomic E-state index is 0.276. The van der Waals surface area contributed by atoms with Gasteiger partial charge >= 0.3 is 0 Å². The Labute approximate surface area is 83.8 Å². The van der Waals surface area contributed by atoms with Crippen LogP contribution in [0.5, 0.6) is 0 Å². The van der Waals surface area contributed by atoms with E-state index in [1.165, 1.54) is 11.3 Å². The fourth-order valence-corrected chi connectivity index (χ4v) is 2.09. The highest BCUT2D eigenvalue weighted by Crippen LogP contribution is 2.22. The maximum atomic E-state index is 5.78. The van der Waals surface area contributed by atoms with Crippen molar-refractivity contribution in [3.05, 3.63) is 27.2 Å². The van der Waals surface area contributed by atoms with Gasteiger partial charge in [-0.3, -0.25) is 5.10 Å². The molecule has 0 saturated carbocycles. The molecular weight excluding hydrogens is 208 g/mol. The first-order valence-electron chi connectivity index (χ1n) is 3.65. The number of halogens is 1. The third-order valence-corrected chi connectivity index (χ3v) is 2.75. The van der Waals surface area contributed by atoms with Gasteiger partial charge < -0.3 is 5.73 Å². The Morgan fingerprint density at radius 3 is 2.92 bits per heavy atom. The van der Waals surface area contributed by atoms with Crippen molar-refractivity contribution in [1.29, 1.82) is 0 Å². The molecule has 6 heteroatoms. The van der Waals surface area contributed by atoms with Gasteiger partial charge in [-0.05, 0) is 12.1 Å². The van der Waals surface area contributed by atoms with Crippen LogP contribution in [-0.2, 0) is 6.42 Å². The number of nitrogens with two attached hydrogens (primary N) is 1. The minimum atomic E-state index is 0.276. The number of nitrogens with one attached hydrogen (secondary N) is 1. The highest BCUT2D eigenvalue weighted by atomic mass is 35.5. The Morgan fingerprint density at radius 1 is 1.54 bits per heavy atom. The number of rotatable bonds is 2. The Morgan fingerprint density at radius 2 is 2.38 bits per heavy atom. The topological polar surface area (TPSA) is 67.6 Å². The second-order valence-corrected chi connectivity index (χ2v) is 4.32. The maximum Gasteiger partial charge on any atom is 0.239 e. The lowest BCUT2D eigenvalue weighted by molar-refractivity contribution is 0.984. The van der Waals surface area contributed by atoms with Gasteiger partial charge in [0.2, 0.25) is 5.95 Å². The monoisotopic (exact) mass is 214 g/mol. The van der Waals surface area contributed by atoms with E-state index in [1.807, 2.05) is 12.1 Å². The molecule has 0 radical (unpaired) electrons. The Bertz CT molecular complexity index is 370. The lowest BCUT2D eigenvalue weighted by atomic mass is 10.3. The van der Waals surface area contributed by atoms with Crippen LogP contribution in [0.4, 0.5) is 5.95 Å². The summed E-state index contributed by atoms with van der Waals surface area (Å²) in [7, 11) is 0. The van der Waals surface area contributed by atoms with Crippen molar-refractivity contribution in [1.82, 2.24) is 15.2 Å². The number of thiophene rings is 1. The number of aromatic amines is 1. The molecule has 2 aromatic heterocycles. The Balaban J connectivity index is 2.14. The van der Waals surface area contributed by atoms with Gasteiger partial charge in [-0.15, -0.1) is 16.4 Å². The summed E-state index contributed by atoms with van der Waals surface area (Å²) in [6.45, 7) is 0. The van der Waals surface area contributed by atoms with Crippen molar-refractivity contribution in [2.24, 2.45) is 0 Å². The SMILES string of the molecule is Nc1n[nH]c(Cc2ccc(Cl)s2)n1. The van der Waals surface area contributed by atoms with E-state index in [9.17, 15) is 0 Å². The standard InChI is InChI=1S/C7H7ClN4S/c8-5-2-1-4(13-5)3-6-10-7(9)12-11-6/h1-2H,3H2,(H3,9,10,11,12). The molecule has 0 aliphatic rings. The zero-order chi connectivity index (χ0) is 9.26. The van der Waals surface area contributed by atoms with Gasteiger partial charge in [0, 0.05) is 11.3 Å². The second kappa shape index (κ2) is 3.35. The van der Waals surface area contributed by atoms with E-state index in [-0.39, 0.29) is 5.95 Å². The first-order valence-corrected chi connectivity index (χ1v) is 4.84. The van der Waals surface area contributed by atoms with Gasteiger partial charge in [0.15, 0.2) is 0 Å². The summed E-state index contributed by atoms with van der Waals surface area (Å²) >= 11 is 7.31. The fourth-order valence-electron chi connectivity index (χ4n) is 1.00. The average molecular weight is 215 g/mol. The van der Waals surface area contributed by atoms with Crippen LogP contribution < -0.4 is 5.73 Å². The quantitative estimate of drug-likeness (QED) is 0.800. The lowest BCUT2D eigenvalue weighted by Gasteiger charge is -1.89. The molecule has 0 aliphatic carbocycles. The molecule has 2 rings (SSSR count).